The van der Waals surface area contributed by atoms with Gasteiger partial charge < -0.3 is 25.7 Å². The molecule has 2 bridgehead atoms. The van der Waals surface area contributed by atoms with E-state index in [0.29, 0.717) is 43.4 Å². The van der Waals surface area contributed by atoms with Gasteiger partial charge in [-0.05, 0) is 81.0 Å². The van der Waals surface area contributed by atoms with Crippen LogP contribution in [0.1, 0.15) is 112 Å². The van der Waals surface area contributed by atoms with E-state index in [4.69, 9.17) is 15.0 Å². The molecule has 0 unspecified atom stereocenters. The Labute approximate surface area is 256 Å². The van der Waals surface area contributed by atoms with Crippen LogP contribution in [0.4, 0.5) is 0 Å². The number of hydrogen-bond donors (Lipinski definition) is 4. The van der Waals surface area contributed by atoms with E-state index >= 15 is 0 Å². The minimum absolute atomic E-state index is 0.00649. The zero-order valence-electron chi connectivity index (χ0n) is 26.7. The van der Waals surface area contributed by atoms with Crippen LogP contribution in [0.3, 0.4) is 0 Å². The van der Waals surface area contributed by atoms with E-state index in [1.54, 1.807) is 0 Å². The summed E-state index contributed by atoms with van der Waals surface area (Å²) in [5.41, 5.74) is 7.19. The van der Waals surface area contributed by atoms with Crippen LogP contribution in [0.25, 0.3) is 0 Å². The molecule has 0 aromatic heterocycles. The second-order valence-corrected chi connectivity index (χ2v) is 14.5. The van der Waals surface area contributed by atoms with Crippen molar-refractivity contribution in [3.05, 3.63) is 10.1 Å². The van der Waals surface area contributed by atoms with Crippen LogP contribution in [0.5, 0.6) is 0 Å². The normalized spacial score (nSPS) is 30.0. The highest BCUT2D eigenvalue weighted by Gasteiger charge is 2.68. The van der Waals surface area contributed by atoms with Gasteiger partial charge in [0, 0.05) is 13.0 Å². The maximum atomic E-state index is 13.8. The lowest BCUT2D eigenvalue weighted by molar-refractivity contribution is -0.525. The lowest BCUT2D eigenvalue weighted by atomic mass is 9.43. The minimum Gasteiger partial charge on any atom is -0.404 e. The average molecular weight is 605 g/mol. The molecule has 5 aliphatic rings. The number of hydrazine groups is 1. The van der Waals surface area contributed by atoms with Gasteiger partial charge in [0.05, 0.1) is 17.6 Å². The molecule has 2 amide bonds. The number of aliphatic imine (C=N–C) groups is 1. The van der Waals surface area contributed by atoms with Crippen molar-refractivity contribution in [2.24, 2.45) is 39.8 Å². The molecule has 43 heavy (non-hydrogen) atoms. The molecule has 0 aromatic carbocycles. The lowest BCUT2D eigenvalue weighted by Gasteiger charge is -2.64. The Bertz CT molecular complexity index is 1030. The van der Waals surface area contributed by atoms with E-state index < -0.39 is 18.2 Å². The molecule has 1 heterocycles. The van der Waals surface area contributed by atoms with Crippen LogP contribution in [0.15, 0.2) is 4.99 Å². The summed E-state index contributed by atoms with van der Waals surface area (Å²) >= 11 is 0. The summed E-state index contributed by atoms with van der Waals surface area (Å²) in [4.78, 5) is 41.6. The number of carbonyl (C=O) groups is 2. The fraction of sp³-hybridized carbons (Fsp3) is 0.900. The summed E-state index contributed by atoms with van der Waals surface area (Å²) in [7, 11) is -0.559. The first-order chi connectivity index (χ1) is 20.3. The molecular formula is C30H53BN6O6. The second-order valence-electron chi connectivity index (χ2n) is 14.5. The topological polar surface area (TPSA) is 170 Å². The number of carbonyl (C=O) groups excluding carboxylic acids is 2. The molecule has 0 spiro atoms. The monoisotopic (exact) mass is 604 g/mol. The fourth-order valence-corrected chi connectivity index (χ4v) is 8.08. The van der Waals surface area contributed by atoms with Gasteiger partial charge in [0.2, 0.25) is 11.8 Å². The number of nitrogens with two attached hydrogens (primary N) is 1. The lowest BCUT2D eigenvalue weighted by Crippen LogP contribution is -2.65. The number of nitrogens with zero attached hydrogens (tertiary/aromatic N) is 2. The van der Waals surface area contributed by atoms with Crippen molar-refractivity contribution in [2.45, 2.75) is 135 Å². The maximum absolute atomic E-state index is 13.8. The molecule has 13 heteroatoms. The zero-order chi connectivity index (χ0) is 31.4. The van der Waals surface area contributed by atoms with E-state index in [1.807, 2.05) is 5.43 Å². The number of guanidine groups is 1. The maximum Gasteiger partial charge on any atom is 0.481 e. The minimum atomic E-state index is -0.779. The van der Waals surface area contributed by atoms with Crippen molar-refractivity contribution in [1.29, 1.82) is 0 Å². The first-order valence-corrected chi connectivity index (χ1v) is 16.4. The van der Waals surface area contributed by atoms with E-state index in [9.17, 15) is 19.7 Å². The van der Waals surface area contributed by atoms with Crippen LogP contribution < -0.4 is 21.8 Å². The Kier molecular flexibility index (Phi) is 11.0. The summed E-state index contributed by atoms with van der Waals surface area (Å²) < 4.78 is 13.3. The highest BCUT2D eigenvalue weighted by atomic mass is 16.7. The summed E-state index contributed by atoms with van der Waals surface area (Å²) in [5.74, 6) is 0.586. The molecule has 5 fully saturated rings. The third-order valence-electron chi connectivity index (χ3n) is 10.6. The molecule has 5 rings (SSSR count). The first kappa shape index (κ1) is 33.5. The number of amides is 2. The van der Waals surface area contributed by atoms with Crippen molar-refractivity contribution in [3.8, 4) is 0 Å². The highest BCUT2D eigenvalue weighted by molar-refractivity contribution is 6.48. The van der Waals surface area contributed by atoms with Gasteiger partial charge in [-0.3, -0.25) is 9.59 Å². The average Bonchev–Trinajstić information content (AvgIpc) is 3.07. The predicted octanol–water partition coefficient (Wildman–Crippen LogP) is 3.51. The van der Waals surface area contributed by atoms with Crippen molar-refractivity contribution in [2.75, 3.05) is 6.54 Å². The van der Waals surface area contributed by atoms with Gasteiger partial charge in [0.15, 0.2) is 5.03 Å². The molecule has 6 atom stereocenters. The number of nitrogens with one attached hydrogen (secondary N) is 3. The molecule has 4 aliphatic carbocycles. The van der Waals surface area contributed by atoms with E-state index in [1.165, 1.54) is 12.8 Å². The molecule has 0 aromatic rings. The molecule has 1 aliphatic heterocycles. The van der Waals surface area contributed by atoms with Crippen molar-refractivity contribution in [1.82, 2.24) is 16.1 Å². The molecule has 5 N–H and O–H groups in total. The largest absolute Gasteiger partial charge is 0.481 e. The standard InChI is InChI=1S/C30H53BN6O6/c1-19(2)15-25(31-42-24-18-21-17-23(29(21,3)4)30(24,5)43-31)35-27(39)22(13-10-14-33-28(32)36-37(40)41)34-26(38)16-20-11-8-6-7-9-12-20/h19-25H,6-18H2,1-5H3,(H,34,38)(H,35,39)(H3,32,33,36)/t21-,22-,23-,24+,25-,30-/m0/s1. The van der Waals surface area contributed by atoms with Gasteiger partial charge in [-0.25, -0.2) is 15.1 Å². The quantitative estimate of drug-likeness (QED) is 0.0471. The Balaban J connectivity index is 1.42. The number of rotatable bonds is 13. The van der Waals surface area contributed by atoms with Crippen LogP contribution >= 0.6 is 0 Å². The third-order valence-corrected chi connectivity index (χ3v) is 10.6. The number of nitro groups is 1. The zero-order valence-corrected chi connectivity index (χ0v) is 26.7. The summed E-state index contributed by atoms with van der Waals surface area (Å²) in [6, 6.07) is -0.779. The molecule has 4 saturated carbocycles. The van der Waals surface area contributed by atoms with Crippen molar-refractivity contribution >= 4 is 24.9 Å². The Morgan fingerprint density at radius 1 is 1.12 bits per heavy atom. The Morgan fingerprint density at radius 3 is 2.44 bits per heavy atom. The molecule has 12 nitrogen and oxygen atoms in total. The molecule has 1 saturated heterocycles. The summed E-state index contributed by atoms with van der Waals surface area (Å²) in [6.07, 6.45) is 10.7. The highest BCUT2D eigenvalue weighted by Crippen LogP contribution is 2.65. The van der Waals surface area contributed by atoms with E-state index in [2.05, 4.69) is 50.2 Å². The van der Waals surface area contributed by atoms with Gasteiger partial charge in [-0.2, -0.15) is 0 Å². The van der Waals surface area contributed by atoms with Gasteiger partial charge in [0.25, 0.3) is 5.96 Å². The van der Waals surface area contributed by atoms with Gasteiger partial charge in [-0.15, -0.1) is 0 Å². The molecular weight excluding hydrogens is 551 g/mol. The van der Waals surface area contributed by atoms with E-state index in [-0.39, 0.29) is 53.3 Å². The number of hydrogen-bond acceptors (Lipinski definition) is 7. The van der Waals surface area contributed by atoms with Gasteiger partial charge in [0.1, 0.15) is 6.04 Å². The fourth-order valence-electron chi connectivity index (χ4n) is 8.08. The summed E-state index contributed by atoms with van der Waals surface area (Å²) in [6.45, 7) is 11.2. The second kappa shape index (κ2) is 14.1. The third kappa shape index (κ3) is 8.20. The van der Waals surface area contributed by atoms with Crippen molar-refractivity contribution in [3.63, 3.8) is 0 Å². The smallest absolute Gasteiger partial charge is 0.404 e. The predicted molar refractivity (Wildman–Crippen MR) is 165 cm³/mol. The Morgan fingerprint density at radius 2 is 1.81 bits per heavy atom. The van der Waals surface area contributed by atoms with Gasteiger partial charge in [-0.1, -0.05) is 58.8 Å². The van der Waals surface area contributed by atoms with Crippen LogP contribution in [0, 0.1) is 39.2 Å². The van der Waals surface area contributed by atoms with Crippen LogP contribution in [-0.2, 0) is 18.9 Å². The molecule has 242 valence electrons. The SMILES string of the molecule is CC(C)C[C@H](NC(=O)[C@H](CCCN=C(N)N[N+](=O)[O-])NC(=O)CC1CCCCCC1)B1O[C@@H]2C[C@@H]3C[C@@H](C3(C)C)[C@]2(C)O1. The van der Waals surface area contributed by atoms with Gasteiger partial charge >= 0.3 is 7.12 Å². The summed E-state index contributed by atoms with van der Waals surface area (Å²) in [5, 5.41) is 16.0. The Hall–Kier alpha value is -2.41. The van der Waals surface area contributed by atoms with Crippen molar-refractivity contribution < 1.29 is 23.9 Å². The van der Waals surface area contributed by atoms with Crippen LogP contribution in [-0.4, -0.2) is 60.2 Å². The molecule has 0 radical (unpaired) electrons. The van der Waals surface area contributed by atoms with E-state index in [0.717, 1.165) is 38.5 Å². The first-order valence-electron chi connectivity index (χ1n) is 16.4. The van der Waals surface area contributed by atoms with Crippen LogP contribution in [0.2, 0.25) is 0 Å².